The van der Waals surface area contributed by atoms with Crippen LogP contribution in [0.5, 0.6) is 0 Å². The summed E-state index contributed by atoms with van der Waals surface area (Å²) < 4.78 is 0. The molecule has 0 bridgehead atoms. The van der Waals surface area contributed by atoms with Crippen molar-refractivity contribution in [1.29, 1.82) is 0 Å². The van der Waals surface area contributed by atoms with E-state index in [-0.39, 0.29) is 17.7 Å². The molecule has 0 aliphatic carbocycles. The molecule has 2 atom stereocenters. The van der Waals surface area contributed by atoms with Crippen LogP contribution in [-0.4, -0.2) is 17.9 Å². The molecule has 2 unspecified atom stereocenters. The zero-order valence-corrected chi connectivity index (χ0v) is 16.4. The summed E-state index contributed by atoms with van der Waals surface area (Å²) in [4.78, 5) is 25.3. The van der Waals surface area contributed by atoms with E-state index in [0.29, 0.717) is 10.6 Å². The first-order chi connectivity index (χ1) is 12.3. The molecule has 2 N–H and O–H groups in total. The Morgan fingerprint density at radius 1 is 1.08 bits per heavy atom. The number of rotatable bonds is 6. The molecular formula is C21H25ClN2O2. The second-order valence-electron chi connectivity index (χ2n) is 6.65. The van der Waals surface area contributed by atoms with E-state index in [0.717, 1.165) is 23.2 Å². The van der Waals surface area contributed by atoms with Crippen molar-refractivity contribution in [2.45, 2.75) is 40.2 Å². The number of nitrogens with one attached hydrogen (secondary N) is 2. The first-order valence-electron chi connectivity index (χ1n) is 8.76. The first-order valence-corrected chi connectivity index (χ1v) is 9.14. The van der Waals surface area contributed by atoms with E-state index >= 15 is 0 Å². The minimum Gasteiger partial charge on any atom is -0.340 e. The number of hydrogen-bond acceptors (Lipinski definition) is 2. The molecule has 0 aliphatic heterocycles. The monoisotopic (exact) mass is 372 g/mol. The fourth-order valence-electron chi connectivity index (χ4n) is 2.69. The summed E-state index contributed by atoms with van der Waals surface area (Å²) in [6, 6.07) is 11.8. The number of carbonyl (C=O) groups excluding carboxylic acids is 2. The summed E-state index contributed by atoms with van der Waals surface area (Å²) in [5.74, 6) is -0.506. The lowest BCUT2D eigenvalue weighted by atomic mass is 9.97. The average Bonchev–Trinajstić information content (AvgIpc) is 2.61. The molecule has 2 aromatic carbocycles. The topological polar surface area (TPSA) is 58.2 Å². The van der Waals surface area contributed by atoms with Gasteiger partial charge in [0.05, 0.1) is 0 Å². The summed E-state index contributed by atoms with van der Waals surface area (Å²) in [6.45, 7) is 7.91. The van der Waals surface area contributed by atoms with Crippen molar-refractivity contribution in [1.82, 2.24) is 5.32 Å². The second kappa shape index (κ2) is 8.86. The summed E-state index contributed by atoms with van der Waals surface area (Å²) in [5, 5.41) is 6.37. The largest absolute Gasteiger partial charge is 0.340 e. The summed E-state index contributed by atoms with van der Waals surface area (Å²) in [6.07, 6.45) is 0.770. The van der Waals surface area contributed by atoms with Gasteiger partial charge in [-0.25, -0.2) is 0 Å². The van der Waals surface area contributed by atoms with Gasteiger partial charge in [-0.1, -0.05) is 49.6 Å². The highest BCUT2D eigenvalue weighted by molar-refractivity contribution is 6.30. The van der Waals surface area contributed by atoms with Crippen molar-refractivity contribution >= 4 is 29.1 Å². The molecule has 4 nitrogen and oxygen atoms in total. The van der Waals surface area contributed by atoms with Crippen molar-refractivity contribution in [2.75, 3.05) is 5.32 Å². The van der Waals surface area contributed by atoms with Crippen molar-refractivity contribution < 1.29 is 9.59 Å². The lowest BCUT2D eigenvalue weighted by Gasteiger charge is -2.24. The standard InChI is InChI=1S/C21H25ClN2O2/c1-5-14(3)19(24-20(25)16-7-9-17(22)10-8-16)21(26)23-18-11-6-13(2)12-15(18)4/h6-12,14,19H,5H2,1-4H3,(H,23,26)(H,24,25). The van der Waals surface area contributed by atoms with Crippen LogP contribution in [0.25, 0.3) is 0 Å². The third kappa shape index (κ3) is 5.09. The predicted molar refractivity (Wildman–Crippen MR) is 107 cm³/mol. The summed E-state index contributed by atoms with van der Waals surface area (Å²) in [7, 11) is 0. The number of halogens is 1. The van der Waals surface area contributed by atoms with Crippen molar-refractivity contribution in [3.8, 4) is 0 Å². The summed E-state index contributed by atoms with van der Waals surface area (Å²) >= 11 is 5.87. The molecule has 0 spiro atoms. The van der Waals surface area contributed by atoms with E-state index in [4.69, 9.17) is 11.6 Å². The van der Waals surface area contributed by atoms with Gasteiger partial charge >= 0.3 is 0 Å². The highest BCUT2D eigenvalue weighted by Crippen LogP contribution is 2.18. The van der Waals surface area contributed by atoms with Crippen LogP contribution < -0.4 is 10.6 Å². The van der Waals surface area contributed by atoms with E-state index in [2.05, 4.69) is 10.6 Å². The van der Waals surface area contributed by atoms with Crippen LogP contribution in [0.3, 0.4) is 0 Å². The first kappa shape index (κ1) is 20.0. The Labute approximate surface area is 159 Å². The Hall–Kier alpha value is -2.33. The minimum absolute atomic E-state index is 0.00277. The van der Waals surface area contributed by atoms with Gasteiger partial charge in [-0.3, -0.25) is 9.59 Å². The molecule has 2 amide bonds. The van der Waals surface area contributed by atoms with Gasteiger partial charge in [0.25, 0.3) is 5.91 Å². The van der Waals surface area contributed by atoms with E-state index in [1.54, 1.807) is 24.3 Å². The van der Waals surface area contributed by atoms with Crippen molar-refractivity contribution in [2.24, 2.45) is 5.92 Å². The van der Waals surface area contributed by atoms with Gasteiger partial charge in [0.1, 0.15) is 6.04 Å². The van der Waals surface area contributed by atoms with Gasteiger partial charge in [0.2, 0.25) is 5.91 Å². The maximum Gasteiger partial charge on any atom is 0.251 e. The molecular weight excluding hydrogens is 348 g/mol. The minimum atomic E-state index is -0.621. The maximum absolute atomic E-state index is 12.8. The van der Waals surface area contributed by atoms with E-state index in [9.17, 15) is 9.59 Å². The van der Waals surface area contributed by atoms with E-state index in [1.165, 1.54) is 0 Å². The maximum atomic E-state index is 12.8. The Bertz CT molecular complexity index is 787. The number of anilines is 1. The fourth-order valence-corrected chi connectivity index (χ4v) is 2.82. The van der Waals surface area contributed by atoms with Crippen molar-refractivity contribution in [3.63, 3.8) is 0 Å². The lowest BCUT2D eigenvalue weighted by Crippen LogP contribution is -2.47. The second-order valence-corrected chi connectivity index (χ2v) is 7.09. The number of carbonyl (C=O) groups is 2. The van der Waals surface area contributed by atoms with Gasteiger partial charge in [0.15, 0.2) is 0 Å². The van der Waals surface area contributed by atoms with E-state index in [1.807, 2.05) is 45.9 Å². The normalized spacial score (nSPS) is 13.0. The molecule has 0 aliphatic rings. The number of benzene rings is 2. The van der Waals surface area contributed by atoms with Crippen LogP contribution in [0.2, 0.25) is 5.02 Å². The van der Waals surface area contributed by atoms with Crippen molar-refractivity contribution in [3.05, 3.63) is 64.2 Å². The molecule has 2 aromatic rings. The SMILES string of the molecule is CCC(C)C(NC(=O)c1ccc(Cl)cc1)C(=O)Nc1ccc(C)cc1C. The van der Waals surface area contributed by atoms with Crippen LogP contribution in [0, 0.1) is 19.8 Å². The molecule has 0 fully saturated rings. The Balaban J connectivity index is 2.16. The van der Waals surface area contributed by atoms with Gasteiger partial charge < -0.3 is 10.6 Å². The van der Waals surface area contributed by atoms with Crippen LogP contribution in [0.15, 0.2) is 42.5 Å². The molecule has 0 saturated carbocycles. The molecule has 5 heteroatoms. The third-order valence-corrected chi connectivity index (χ3v) is 4.78. The molecule has 0 radical (unpaired) electrons. The molecule has 26 heavy (non-hydrogen) atoms. The van der Waals surface area contributed by atoms with Gasteiger partial charge in [-0.2, -0.15) is 0 Å². The molecule has 138 valence electrons. The van der Waals surface area contributed by atoms with Crippen LogP contribution in [0.1, 0.15) is 41.8 Å². The quantitative estimate of drug-likeness (QED) is 0.769. The fraction of sp³-hybridized carbons (Fsp3) is 0.333. The zero-order chi connectivity index (χ0) is 19.3. The number of hydrogen-bond donors (Lipinski definition) is 2. The summed E-state index contributed by atoms with van der Waals surface area (Å²) in [5.41, 5.74) is 3.36. The zero-order valence-electron chi connectivity index (χ0n) is 15.6. The highest BCUT2D eigenvalue weighted by atomic mass is 35.5. The van der Waals surface area contributed by atoms with Gasteiger partial charge in [0, 0.05) is 16.3 Å². The number of amides is 2. The van der Waals surface area contributed by atoms with Gasteiger partial charge in [-0.15, -0.1) is 0 Å². The van der Waals surface area contributed by atoms with Gasteiger partial charge in [-0.05, 0) is 55.7 Å². The lowest BCUT2D eigenvalue weighted by molar-refractivity contribution is -0.119. The van der Waals surface area contributed by atoms with Crippen LogP contribution >= 0.6 is 11.6 Å². The Kier molecular flexibility index (Phi) is 6.81. The Morgan fingerprint density at radius 2 is 1.73 bits per heavy atom. The van der Waals surface area contributed by atoms with E-state index < -0.39 is 6.04 Å². The smallest absolute Gasteiger partial charge is 0.251 e. The molecule has 0 saturated heterocycles. The average molecular weight is 373 g/mol. The molecule has 0 heterocycles. The van der Waals surface area contributed by atoms with Crippen LogP contribution in [0.4, 0.5) is 5.69 Å². The number of aryl methyl sites for hydroxylation is 2. The Morgan fingerprint density at radius 3 is 2.31 bits per heavy atom. The highest BCUT2D eigenvalue weighted by Gasteiger charge is 2.26. The third-order valence-electron chi connectivity index (χ3n) is 4.53. The predicted octanol–water partition coefficient (Wildman–Crippen LogP) is 4.74. The van der Waals surface area contributed by atoms with Crippen LogP contribution in [-0.2, 0) is 4.79 Å². The molecule has 0 aromatic heterocycles. The molecule has 2 rings (SSSR count).